The molecule has 1 saturated heterocycles. The Balaban J connectivity index is 1.41. The van der Waals surface area contributed by atoms with E-state index in [4.69, 9.17) is 11.6 Å². The van der Waals surface area contributed by atoms with Crippen LogP contribution >= 0.6 is 11.6 Å². The van der Waals surface area contributed by atoms with Gasteiger partial charge in [-0.25, -0.2) is 0 Å². The average Bonchev–Trinajstić information content (AvgIpc) is 2.98. The van der Waals surface area contributed by atoms with Crippen LogP contribution in [0.25, 0.3) is 10.9 Å². The van der Waals surface area contributed by atoms with Crippen LogP contribution in [0.1, 0.15) is 59.3 Å². The van der Waals surface area contributed by atoms with E-state index in [1.165, 1.54) is 55.6 Å². The van der Waals surface area contributed by atoms with Crippen LogP contribution in [0.5, 0.6) is 0 Å². The van der Waals surface area contributed by atoms with Crippen molar-refractivity contribution in [3.63, 3.8) is 0 Å². The molecule has 1 aromatic heterocycles. The Morgan fingerprint density at radius 2 is 1.72 bits per heavy atom. The number of halogens is 1. The quantitative estimate of drug-likeness (QED) is 0.450. The van der Waals surface area contributed by atoms with Crippen molar-refractivity contribution < 1.29 is 4.79 Å². The maximum absolute atomic E-state index is 12.8. The summed E-state index contributed by atoms with van der Waals surface area (Å²) in [4.78, 5) is 15.3. The Hall–Kier alpha value is -2.30. The van der Waals surface area contributed by atoms with Gasteiger partial charge in [0.05, 0.1) is 0 Å². The van der Waals surface area contributed by atoms with Gasteiger partial charge in [-0.3, -0.25) is 4.79 Å². The Morgan fingerprint density at radius 3 is 2.44 bits per heavy atom. The summed E-state index contributed by atoms with van der Waals surface area (Å²) < 4.78 is 2.32. The molecule has 2 heterocycles. The highest BCUT2D eigenvalue weighted by molar-refractivity contribution is 6.30. The van der Waals surface area contributed by atoms with Gasteiger partial charge in [0.1, 0.15) is 0 Å². The minimum atomic E-state index is 0.0188. The normalized spacial score (nSPS) is 15.1. The molecule has 1 aliphatic heterocycles. The van der Waals surface area contributed by atoms with Gasteiger partial charge in [-0.15, -0.1) is 0 Å². The van der Waals surface area contributed by atoms with Crippen LogP contribution in [-0.4, -0.2) is 41.6 Å². The predicted molar refractivity (Wildman–Crippen MR) is 134 cm³/mol. The molecule has 1 fully saturated rings. The van der Waals surface area contributed by atoms with Gasteiger partial charge in [0.15, 0.2) is 0 Å². The van der Waals surface area contributed by atoms with Crippen molar-refractivity contribution in [2.45, 2.75) is 52.5 Å². The molecule has 32 heavy (non-hydrogen) atoms. The van der Waals surface area contributed by atoms with Crippen LogP contribution in [0.3, 0.4) is 0 Å². The first-order valence-corrected chi connectivity index (χ1v) is 12.2. The van der Waals surface area contributed by atoms with E-state index in [-0.39, 0.29) is 5.91 Å². The van der Waals surface area contributed by atoms with Gasteiger partial charge in [0, 0.05) is 40.3 Å². The molecule has 1 amide bonds. The third-order valence-electron chi connectivity index (χ3n) is 6.79. The van der Waals surface area contributed by atoms with Crippen molar-refractivity contribution in [3.8, 4) is 0 Å². The van der Waals surface area contributed by atoms with E-state index in [9.17, 15) is 4.79 Å². The summed E-state index contributed by atoms with van der Waals surface area (Å²) in [5.74, 6) is 0.0188. The van der Waals surface area contributed by atoms with Gasteiger partial charge in [-0.2, -0.15) is 0 Å². The molecule has 0 atom stereocenters. The van der Waals surface area contributed by atoms with Crippen molar-refractivity contribution in [2.24, 2.45) is 0 Å². The summed E-state index contributed by atoms with van der Waals surface area (Å²) in [6.07, 6.45) is 6.33. The second kappa shape index (κ2) is 10.5. The molecule has 0 radical (unpaired) electrons. The number of carbonyl (C=O) groups excluding carboxylic acids is 1. The van der Waals surface area contributed by atoms with Gasteiger partial charge in [-0.05, 0) is 94.2 Å². The zero-order valence-electron chi connectivity index (χ0n) is 19.3. The minimum Gasteiger partial charge on any atom is -0.352 e. The lowest BCUT2D eigenvalue weighted by Crippen LogP contribution is -2.30. The van der Waals surface area contributed by atoms with Crippen LogP contribution in [0.2, 0.25) is 5.02 Å². The first kappa shape index (κ1) is 22.9. The molecule has 0 saturated carbocycles. The number of rotatable bonds is 7. The second-order valence-corrected chi connectivity index (χ2v) is 9.46. The number of likely N-dealkylation sites (tertiary alicyclic amines) is 1. The molecular weight excluding hydrogens is 418 g/mol. The van der Waals surface area contributed by atoms with E-state index in [2.05, 4.69) is 46.8 Å². The summed E-state index contributed by atoms with van der Waals surface area (Å²) in [5.41, 5.74) is 5.56. The smallest absolute Gasteiger partial charge is 0.251 e. The van der Waals surface area contributed by atoms with Gasteiger partial charge in [-0.1, -0.05) is 36.6 Å². The number of amides is 1. The lowest BCUT2D eigenvalue weighted by Gasteiger charge is -2.19. The summed E-state index contributed by atoms with van der Waals surface area (Å²) in [6, 6.07) is 14.1. The fourth-order valence-corrected chi connectivity index (χ4v) is 4.86. The molecule has 0 bridgehead atoms. The van der Waals surface area contributed by atoms with E-state index >= 15 is 0 Å². The Bertz CT molecular complexity index is 1060. The minimum absolute atomic E-state index is 0.0188. The SMILES string of the molecule is Cc1c(C)n(Cc2ccc(Cl)cc2)c2ccc(C(=O)NCCCN3CCCCCC3)cc12. The van der Waals surface area contributed by atoms with Gasteiger partial charge >= 0.3 is 0 Å². The van der Waals surface area contributed by atoms with E-state index in [0.717, 1.165) is 47.5 Å². The Morgan fingerprint density at radius 1 is 1.00 bits per heavy atom. The van der Waals surface area contributed by atoms with Crippen molar-refractivity contribution in [1.82, 2.24) is 14.8 Å². The highest BCUT2D eigenvalue weighted by Crippen LogP contribution is 2.27. The standard InChI is InChI=1S/C27H34ClN3O/c1-20-21(2)31(19-22-8-11-24(28)12-9-22)26-13-10-23(18-25(20)26)27(32)29-14-7-17-30-15-5-3-4-6-16-30/h8-13,18H,3-7,14-17,19H2,1-2H3,(H,29,32). The molecule has 2 aromatic carbocycles. The Kier molecular flexibility index (Phi) is 7.54. The molecule has 0 spiro atoms. The number of hydrogen-bond acceptors (Lipinski definition) is 2. The number of aromatic nitrogens is 1. The van der Waals surface area contributed by atoms with E-state index in [0.29, 0.717) is 0 Å². The zero-order valence-corrected chi connectivity index (χ0v) is 20.0. The second-order valence-electron chi connectivity index (χ2n) is 9.02. The number of nitrogens with one attached hydrogen (secondary N) is 1. The van der Waals surface area contributed by atoms with Crippen LogP contribution < -0.4 is 5.32 Å². The molecule has 170 valence electrons. The number of carbonyl (C=O) groups is 1. The number of benzene rings is 2. The average molecular weight is 452 g/mol. The summed E-state index contributed by atoms with van der Waals surface area (Å²) in [7, 11) is 0. The molecule has 1 N–H and O–H groups in total. The molecule has 5 heteroatoms. The molecular formula is C27H34ClN3O. The fraction of sp³-hybridized carbons (Fsp3) is 0.444. The third kappa shape index (κ3) is 5.36. The third-order valence-corrected chi connectivity index (χ3v) is 7.04. The largest absolute Gasteiger partial charge is 0.352 e. The van der Waals surface area contributed by atoms with Crippen molar-refractivity contribution in [1.29, 1.82) is 0 Å². The number of fused-ring (bicyclic) bond motifs is 1. The predicted octanol–water partition coefficient (Wildman–Crippen LogP) is 5.96. The molecule has 0 unspecified atom stereocenters. The lowest BCUT2D eigenvalue weighted by atomic mass is 10.1. The number of aryl methyl sites for hydroxylation is 1. The zero-order chi connectivity index (χ0) is 22.5. The summed E-state index contributed by atoms with van der Waals surface area (Å²) >= 11 is 6.04. The van der Waals surface area contributed by atoms with Crippen molar-refractivity contribution in [3.05, 3.63) is 69.9 Å². The van der Waals surface area contributed by atoms with Crippen LogP contribution in [0.15, 0.2) is 42.5 Å². The summed E-state index contributed by atoms with van der Waals surface area (Å²) in [6.45, 7) is 9.28. The maximum atomic E-state index is 12.8. The van der Waals surface area contributed by atoms with E-state index in [1.54, 1.807) is 0 Å². The molecule has 1 aliphatic rings. The van der Waals surface area contributed by atoms with Crippen LogP contribution in [0.4, 0.5) is 0 Å². The van der Waals surface area contributed by atoms with Gasteiger partial charge < -0.3 is 14.8 Å². The Labute approximate surface area is 196 Å². The highest BCUT2D eigenvalue weighted by Gasteiger charge is 2.15. The van der Waals surface area contributed by atoms with Crippen LogP contribution in [0, 0.1) is 13.8 Å². The number of hydrogen-bond donors (Lipinski definition) is 1. The molecule has 3 aromatic rings. The monoisotopic (exact) mass is 451 g/mol. The maximum Gasteiger partial charge on any atom is 0.251 e. The van der Waals surface area contributed by atoms with Crippen molar-refractivity contribution in [2.75, 3.05) is 26.2 Å². The first-order chi connectivity index (χ1) is 15.5. The molecule has 0 aliphatic carbocycles. The first-order valence-electron chi connectivity index (χ1n) is 11.9. The number of nitrogens with zero attached hydrogens (tertiary/aromatic N) is 2. The van der Waals surface area contributed by atoms with E-state index in [1.807, 2.05) is 24.3 Å². The fourth-order valence-electron chi connectivity index (χ4n) is 4.73. The van der Waals surface area contributed by atoms with Gasteiger partial charge in [0.2, 0.25) is 0 Å². The van der Waals surface area contributed by atoms with Gasteiger partial charge in [0.25, 0.3) is 5.91 Å². The molecule has 4 rings (SSSR count). The highest BCUT2D eigenvalue weighted by atomic mass is 35.5. The molecule has 4 nitrogen and oxygen atoms in total. The van der Waals surface area contributed by atoms with Crippen LogP contribution in [-0.2, 0) is 6.54 Å². The topological polar surface area (TPSA) is 37.3 Å². The summed E-state index contributed by atoms with van der Waals surface area (Å²) in [5, 5.41) is 5.02. The van der Waals surface area contributed by atoms with E-state index < -0.39 is 0 Å². The lowest BCUT2D eigenvalue weighted by molar-refractivity contribution is 0.0952. The van der Waals surface area contributed by atoms with Crippen molar-refractivity contribution >= 4 is 28.4 Å².